The van der Waals surface area contributed by atoms with Crippen molar-refractivity contribution in [3.8, 4) is 5.82 Å². The van der Waals surface area contributed by atoms with Gasteiger partial charge in [-0.15, -0.1) is 0 Å². The smallest absolute Gasteiger partial charge is 0.138 e. The Labute approximate surface area is 151 Å². The average molecular weight is 373 g/mol. The highest BCUT2D eigenvalue weighted by Crippen LogP contribution is 2.38. The first-order valence-corrected chi connectivity index (χ1v) is 10.5. The summed E-state index contributed by atoms with van der Waals surface area (Å²) in [4.78, 5) is 7.07. The van der Waals surface area contributed by atoms with Crippen molar-refractivity contribution in [2.45, 2.75) is 19.8 Å². The fourth-order valence-electron chi connectivity index (χ4n) is 2.13. The molecule has 4 aromatic rings. The summed E-state index contributed by atoms with van der Waals surface area (Å²) in [5.74, 6) is 0.952. The van der Waals surface area contributed by atoms with Crippen molar-refractivity contribution in [1.29, 1.82) is 0 Å². The van der Waals surface area contributed by atoms with Crippen molar-refractivity contribution in [2.75, 3.05) is 0 Å². The number of rotatable bonds is 5. The van der Waals surface area contributed by atoms with E-state index >= 15 is 0 Å². The molecule has 0 aliphatic rings. The van der Waals surface area contributed by atoms with Crippen LogP contribution in [0.4, 0.5) is 0 Å². The van der Waals surface area contributed by atoms with Crippen molar-refractivity contribution in [3.05, 3.63) is 70.2 Å². The molecular weight excluding hydrogens is 360 g/mol. The van der Waals surface area contributed by atoms with Crippen LogP contribution < -0.4 is 0 Å². The second-order valence-corrected chi connectivity index (χ2v) is 8.40. The summed E-state index contributed by atoms with van der Waals surface area (Å²) in [5, 5.41) is 10.9. The van der Waals surface area contributed by atoms with Crippen LogP contribution in [0.2, 0.25) is 0 Å². The maximum Gasteiger partial charge on any atom is 0.138 e. The fourth-order valence-corrected chi connectivity index (χ4v) is 5.71. The summed E-state index contributed by atoms with van der Waals surface area (Å²) in [7, 11) is 0. The van der Waals surface area contributed by atoms with E-state index in [0.29, 0.717) is 0 Å². The number of thiophene rings is 2. The predicted octanol–water partition coefficient (Wildman–Crippen LogP) is 6.30. The number of hydrogen-bond donors (Lipinski definition) is 0. The van der Waals surface area contributed by atoms with Crippen LogP contribution in [0.3, 0.4) is 0 Å². The third-order valence-corrected chi connectivity index (χ3v) is 6.82. The molecule has 2 nitrogen and oxygen atoms in total. The van der Waals surface area contributed by atoms with Crippen LogP contribution in [-0.2, 0) is 0 Å². The highest BCUT2D eigenvalue weighted by molar-refractivity contribution is 8.00. The maximum atomic E-state index is 4.54. The Morgan fingerprint density at radius 1 is 0.783 bits per heavy atom. The lowest BCUT2D eigenvalue weighted by molar-refractivity contribution is 0.831. The highest BCUT2D eigenvalue weighted by Gasteiger charge is 2.14. The lowest BCUT2D eigenvalue weighted by Crippen LogP contribution is -1.99. The lowest BCUT2D eigenvalue weighted by atomic mass is 10.5. The van der Waals surface area contributed by atoms with E-state index in [1.807, 2.05) is 18.3 Å². The number of aromatic nitrogens is 2. The highest BCUT2D eigenvalue weighted by atomic mass is 32.2. The van der Waals surface area contributed by atoms with Gasteiger partial charge in [-0.3, -0.25) is 4.57 Å². The van der Waals surface area contributed by atoms with Gasteiger partial charge in [-0.1, -0.05) is 29.6 Å². The molecule has 114 valence electrons. The van der Waals surface area contributed by atoms with Gasteiger partial charge in [-0.25, -0.2) is 4.98 Å². The van der Waals surface area contributed by atoms with Gasteiger partial charge in [-0.2, -0.15) is 22.7 Å². The van der Waals surface area contributed by atoms with Crippen molar-refractivity contribution in [1.82, 2.24) is 9.55 Å². The second-order valence-electron chi connectivity index (χ2n) is 4.66. The number of nitrogens with zero attached hydrogens (tertiary/aromatic N) is 2. The van der Waals surface area contributed by atoms with Gasteiger partial charge in [0.05, 0.1) is 10.1 Å². The molecule has 0 aliphatic carbocycles. The Morgan fingerprint density at radius 2 is 1.43 bits per heavy atom. The minimum absolute atomic E-state index is 0.952. The number of pyridine rings is 1. The maximum absolute atomic E-state index is 4.54. The van der Waals surface area contributed by atoms with Gasteiger partial charge < -0.3 is 0 Å². The Balaban J connectivity index is 1.75. The van der Waals surface area contributed by atoms with E-state index in [2.05, 4.69) is 61.4 Å². The summed E-state index contributed by atoms with van der Waals surface area (Å²) in [6, 6.07) is 14.7. The van der Waals surface area contributed by atoms with Gasteiger partial charge >= 0.3 is 0 Å². The Kier molecular flexibility index (Phi) is 4.57. The first kappa shape index (κ1) is 15.1. The molecule has 0 saturated carbocycles. The molecule has 4 rings (SSSR count). The Hall–Kier alpha value is -1.47. The molecule has 0 atom stereocenters. The zero-order chi connectivity index (χ0) is 15.5. The first-order chi connectivity index (χ1) is 11.4. The standard InChI is InChI=1S/C17H12N2S4/c1-2-8-18-15(3-1)19-16(22-13-6-9-20-11-13)4-5-17(19)23-14-7-10-21-12-14/h1-12H. The van der Waals surface area contributed by atoms with Crippen LogP contribution in [0.5, 0.6) is 0 Å². The Morgan fingerprint density at radius 3 is 1.91 bits per heavy atom. The van der Waals surface area contributed by atoms with Crippen LogP contribution in [0.25, 0.3) is 5.82 Å². The molecule has 0 unspecified atom stereocenters. The van der Waals surface area contributed by atoms with Crippen LogP contribution in [0.1, 0.15) is 0 Å². The molecule has 0 fully saturated rings. The van der Waals surface area contributed by atoms with Crippen LogP contribution in [0.15, 0.2) is 90.0 Å². The molecule has 6 heteroatoms. The third-order valence-electron chi connectivity index (χ3n) is 3.12. The fraction of sp³-hybridized carbons (Fsp3) is 0. The minimum Gasteiger partial charge on any atom is -0.283 e. The first-order valence-electron chi connectivity index (χ1n) is 6.93. The van der Waals surface area contributed by atoms with Crippen molar-refractivity contribution in [3.63, 3.8) is 0 Å². The zero-order valence-electron chi connectivity index (χ0n) is 12.0. The second kappa shape index (κ2) is 6.97. The molecule has 4 aromatic heterocycles. The van der Waals surface area contributed by atoms with Crippen LogP contribution in [0, 0.1) is 0 Å². The number of hydrogen-bond acceptors (Lipinski definition) is 5. The van der Waals surface area contributed by atoms with E-state index in [1.54, 1.807) is 46.2 Å². The largest absolute Gasteiger partial charge is 0.283 e. The van der Waals surface area contributed by atoms with E-state index in [-0.39, 0.29) is 0 Å². The summed E-state index contributed by atoms with van der Waals surface area (Å²) < 4.78 is 2.23. The van der Waals surface area contributed by atoms with Crippen molar-refractivity contribution in [2.24, 2.45) is 0 Å². The molecule has 0 spiro atoms. The van der Waals surface area contributed by atoms with E-state index in [9.17, 15) is 0 Å². The summed E-state index contributed by atoms with van der Waals surface area (Å²) in [5.41, 5.74) is 0. The minimum atomic E-state index is 0.952. The van der Waals surface area contributed by atoms with Crippen LogP contribution in [-0.4, -0.2) is 9.55 Å². The Bertz CT molecular complexity index is 811. The topological polar surface area (TPSA) is 17.8 Å². The van der Waals surface area contributed by atoms with Crippen LogP contribution >= 0.6 is 46.2 Å². The lowest BCUT2D eigenvalue weighted by Gasteiger charge is -2.11. The van der Waals surface area contributed by atoms with Gasteiger partial charge in [0, 0.05) is 26.7 Å². The molecule has 23 heavy (non-hydrogen) atoms. The average Bonchev–Trinajstić information content (AvgIpc) is 3.32. The molecule has 0 aromatic carbocycles. The van der Waals surface area contributed by atoms with E-state index in [4.69, 9.17) is 0 Å². The normalized spacial score (nSPS) is 11.0. The monoisotopic (exact) mass is 372 g/mol. The van der Waals surface area contributed by atoms with E-state index in [1.165, 1.54) is 19.8 Å². The van der Waals surface area contributed by atoms with E-state index < -0.39 is 0 Å². The molecule has 0 radical (unpaired) electrons. The molecule has 0 amide bonds. The quantitative estimate of drug-likeness (QED) is 0.409. The predicted molar refractivity (Wildman–Crippen MR) is 100 cm³/mol. The summed E-state index contributed by atoms with van der Waals surface area (Å²) in [6.07, 6.45) is 1.84. The van der Waals surface area contributed by atoms with Crippen molar-refractivity contribution >= 4 is 46.2 Å². The van der Waals surface area contributed by atoms with Gasteiger partial charge in [0.25, 0.3) is 0 Å². The van der Waals surface area contributed by atoms with Gasteiger partial charge in [0.1, 0.15) is 5.82 Å². The van der Waals surface area contributed by atoms with Gasteiger partial charge in [-0.05, 0) is 47.2 Å². The molecule has 0 N–H and O–H groups in total. The molecule has 0 aliphatic heterocycles. The molecule has 0 saturated heterocycles. The van der Waals surface area contributed by atoms with E-state index in [0.717, 1.165) is 5.82 Å². The molecular formula is C17H12N2S4. The molecule has 4 heterocycles. The molecule has 0 bridgehead atoms. The summed E-state index contributed by atoms with van der Waals surface area (Å²) >= 11 is 6.99. The van der Waals surface area contributed by atoms with Gasteiger partial charge in [0.15, 0.2) is 0 Å². The SMILES string of the molecule is c1ccc(-n2c(Sc3ccsc3)ccc2Sc2ccsc2)nc1. The van der Waals surface area contributed by atoms with Crippen molar-refractivity contribution < 1.29 is 0 Å². The zero-order valence-corrected chi connectivity index (χ0v) is 15.2. The third kappa shape index (κ3) is 3.40. The summed E-state index contributed by atoms with van der Waals surface area (Å²) in [6.45, 7) is 0. The van der Waals surface area contributed by atoms with Gasteiger partial charge in [0.2, 0.25) is 0 Å².